The Kier molecular flexibility index (Phi) is 12.4. The largest absolute Gasteiger partial charge is 0.388 e. The summed E-state index contributed by atoms with van der Waals surface area (Å²) in [4.78, 5) is 32.8. The predicted octanol–water partition coefficient (Wildman–Crippen LogP) is 3.45. The fraction of sp³-hybridized carbons (Fsp3) is 0.758. The summed E-state index contributed by atoms with van der Waals surface area (Å²) < 4.78 is 21.4. The van der Waals surface area contributed by atoms with Crippen LogP contribution in [-0.4, -0.2) is 130 Å². The Morgan fingerprint density at radius 3 is 2.05 bits per heavy atom. The van der Waals surface area contributed by atoms with Crippen LogP contribution in [0.4, 0.5) is 4.79 Å². The topological polar surface area (TPSA) is 101 Å². The summed E-state index contributed by atoms with van der Waals surface area (Å²) in [6.45, 7) is 4.58. The minimum absolute atomic E-state index is 0.0449. The zero-order valence-corrected chi connectivity index (χ0v) is 26.6. The highest BCUT2D eigenvalue weighted by atomic mass is 16.6. The Morgan fingerprint density at radius 1 is 0.884 bits per heavy atom. The third kappa shape index (κ3) is 8.55. The number of nitrogens with zero attached hydrogens (tertiary/aromatic N) is 3. The van der Waals surface area contributed by atoms with Gasteiger partial charge in [-0.3, -0.25) is 9.69 Å². The maximum absolute atomic E-state index is 13.8. The summed E-state index contributed by atoms with van der Waals surface area (Å²) in [5.41, 5.74) is 0.0300. The van der Waals surface area contributed by atoms with Gasteiger partial charge < -0.3 is 33.9 Å². The smallest absolute Gasteiger partial charge is 0.321 e. The van der Waals surface area contributed by atoms with Gasteiger partial charge in [0.05, 0.1) is 63.9 Å². The van der Waals surface area contributed by atoms with Crippen LogP contribution in [0.1, 0.15) is 63.4 Å². The lowest BCUT2D eigenvalue weighted by molar-refractivity contribution is -0.120. The van der Waals surface area contributed by atoms with Gasteiger partial charge in [-0.05, 0) is 71.0 Å². The summed E-state index contributed by atoms with van der Waals surface area (Å²) in [5.74, 6) is 0.0449. The molecule has 2 aliphatic carbocycles. The van der Waals surface area contributed by atoms with E-state index in [2.05, 4.69) is 43.3 Å². The van der Waals surface area contributed by atoms with Gasteiger partial charge in [-0.1, -0.05) is 30.3 Å². The lowest BCUT2D eigenvalue weighted by Crippen LogP contribution is -2.59. The molecule has 1 heterocycles. The van der Waals surface area contributed by atoms with Gasteiger partial charge in [0.15, 0.2) is 5.78 Å². The van der Waals surface area contributed by atoms with Gasteiger partial charge in [-0.2, -0.15) is 0 Å². The molecule has 4 rings (SSSR count). The van der Waals surface area contributed by atoms with E-state index in [1.54, 1.807) is 12.0 Å². The fourth-order valence-corrected chi connectivity index (χ4v) is 6.92. The molecule has 1 N–H and O–H groups in total. The molecule has 1 spiro atoms. The van der Waals surface area contributed by atoms with Crippen molar-refractivity contribution in [2.45, 2.75) is 74.5 Å². The molecule has 1 aromatic carbocycles. The molecule has 1 aliphatic heterocycles. The summed E-state index contributed by atoms with van der Waals surface area (Å²) >= 11 is 0. The van der Waals surface area contributed by atoms with Crippen molar-refractivity contribution < 1.29 is 33.6 Å². The second-order valence-corrected chi connectivity index (χ2v) is 12.8. The highest BCUT2D eigenvalue weighted by Crippen LogP contribution is 2.50. The van der Waals surface area contributed by atoms with Crippen LogP contribution < -0.4 is 0 Å². The van der Waals surface area contributed by atoms with Crippen molar-refractivity contribution in [1.82, 2.24) is 14.7 Å². The van der Waals surface area contributed by atoms with Gasteiger partial charge in [-0.15, -0.1) is 0 Å². The van der Waals surface area contributed by atoms with E-state index in [1.807, 2.05) is 11.0 Å². The second-order valence-electron chi connectivity index (χ2n) is 12.8. The van der Waals surface area contributed by atoms with Crippen molar-refractivity contribution >= 4 is 11.8 Å². The Labute approximate surface area is 257 Å². The predicted molar refractivity (Wildman–Crippen MR) is 164 cm³/mol. The van der Waals surface area contributed by atoms with Crippen molar-refractivity contribution in [3.8, 4) is 0 Å². The highest BCUT2D eigenvalue weighted by molar-refractivity contribution is 5.87. The van der Waals surface area contributed by atoms with E-state index in [9.17, 15) is 14.7 Å². The number of β-amino-alcohol motifs (C(OH)–C–C–N with tert-alkyl or cyclic N) is 1. The molecule has 0 aromatic heterocycles. The van der Waals surface area contributed by atoms with Crippen molar-refractivity contribution in [3.63, 3.8) is 0 Å². The quantitative estimate of drug-likeness (QED) is 0.240. The molecule has 242 valence electrons. The van der Waals surface area contributed by atoms with Crippen LogP contribution in [-0.2, 0) is 29.3 Å². The minimum Gasteiger partial charge on any atom is -0.388 e. The van der Waals surface area contributed by atoms with E-state index in [0.29, 0.717) is 72.2 Å². The summed E-state index contributed by atoms with van der Waals surface area (Å²) in [6, 6.07) is 10.5. The maximum atomic E-state index is 13.8. The standard InChI is InChI=1S/C33H53N3O7/c1-34(2)33(28-9-5-4-6-10-28)16-14-31(15-17-33)26-35(30(38)36(31)27-32(39)12-8-13-32)25-29(37)11-7-18-41-21-22-43-24-23-42-20-19-40-3/h4-6,9-10,39H,7-8,11-27H2,1-3H3. The normalized spacial score (nSPS) is 25.1. The molecule has 2 saturated carbocycles. The van der Waals surface area contributed by atoms with E-state index in [1.165, 1.54) is 5.56 Å². The zero-order valence-electron chi connectivity index (χ0n) is 26.6. The van der Waals surface area contributed by atoms with Gasteiger partial charge in [0.1, 0.15) is 0 Å². The number of benzene rings is 1. The molecule has 0 atom stereocenters. The summed E-state index contributed by atoms with van der Waals surface area (Å²) in [7, 11) is 5.92. The third-order valence-corrected chi connectivity index (χ3v) is 9.76. The molecule has 10 nitrogen and oxygen atoms in total. The number of carbonyl (C=O) groups is 2. The first-order chi connectivity index (χ1) is 20.7. The van der Waals surface area contributed by atoms with Crippen molar-refractivity contribution in [1.29, 1.82) is 0 Å². The number of aliphatic hydroxyl groups is 1. The molecule has 10 heteroatoms. The van der Waals surface area contributed by atoms with Gasteiger partial charge in [0.2, 0.25) is 0 Å². The van der Waals surface area contributed by atoms with E-state index in [0.717, 1.165) is 44.9 Å². The maximum Gasteiger partial charge on any atom is 0.321 e. The number of ketones is 1. The van der Waals surface area contributed by atoms with Gasteiger partial charge >= 0.3 is 6.03 Å². The first-order valence-electron chi connectivity index (χ1n) is 16.0. The molecule has 0 unspecified atom stereocenters. The van der Waals surface area contributed by atoms with Crippen molar-refractivity contribution in [3.05, 3.63) is 35.9 Å². The number of Topliss-reactive ketones (excluding diaryl/α,β-unsaturated/α-hetero) is 1. The van der Waals surface area contributed by atoms with Crippen molar-refractivity contribution in [2.24, 2.45) is 0 Å². The monoisotopic (exact) mass is 603 g/mol. The number of amides is 2. The summed E-state index contributed by atoms with van der Waals surface area (Å²) in [5, 5.41) is 11.1. The average Bonchev–Trinajstić information content (AvgIpc) is 3.22. The van der Waals surface area contributed by atoms with E-state index in [-0.39, 0.29) is 29.4 Å². The molecule has 0 bridgehead atoms. The Morgan fingerprint density at radius 2 is 1.49 bits per heavy atom. The fourth-order valence-electron chi connectivity index (χ4n) is 6.92. The highest BCUT2D eigenvalue weighted by Gasteiger charge is 2.56. The van der Waals surface area contributed by atoms with Crippen LogP contribution in [0.2, 0.25) is 0 Å². The number of ether oxygens (including phenoxy) is 4. The lowest BCUT2D eigenvalue weighted by atomic mass is 9.67. The summed E-state index contributed by atoms with van der Waals surface area (Å²) in [6.07, 6.45) is 6.91. The number of methoxy groups -OCH3 is 1. The second kappa shape index (κ2) is 15.8. The van der Waals surface area contributed by atoms with Crippen LogP contribution in [0.5, 0.6) is 0 Å². The van der Waals surface area contributed by atoms with Gasteiger partial charge in [0.25, 0.3) is 0 Å². The average molecular weight is 604 g/mol. The zero-order chi connectivity index (χ0) is 30.8. The van der Waals surface area contributed by atoms with E-state index in [4.69, 9.17) is 18.9 Å². The number of carbonyl (C=O) groups excluding carboxylic acids is 2. The lowest BCUT2D eigenvalue weighted by Gasteiger charge is -2.52. The van der Waals surface area contributed by atoms with Crippen LogP contribution in [0.25, 0.3) is 0 Å². The molecule has 3 aliphatic rings. The third-order valence-electron chi connectivity index (χ3n) is 9.76. The molecular weight excluding hydrogens is 550 g/mol. The molecule has 0 radical (unpaired) electrons. The molecule has 1 saturated heterocycles. The SMILES string of the molecule is COCCOCCOCCOCCCC(=O)CN1CC2(CCC(c3ccccc3)(N(C)C)CC2)N(CC2(O)CCC2)C1=O. The van der Waals surface area contributed by atoms with E-state index >= 15 is 0 Å². The van der Waals surface area contributed by atoms with Gasteiger partial charge in [0, 0.05) is 32.2 Å². The van der Waals surface area contributed by atoms with Crippen molar-refractivity contribution in [2.75, 3.05) is 87.1 Å². The molecule has 1 aromatic rings. The number of urea groups is 1. The van der Waals surface area contributed by atoms with Crippen LogP contribution in [0.3, 0.4) is 0 Å². The van der Waals surface area contributed by atoms with Crippen LogP contribution in [0, 0.1) is 0 Å². The Hall–Kier alpha value is -2.08. The van der Waals surface area contributed by atoms with Gasteiger partial charge in [-0.25, -0.2) is 4.79 Å². The Balaban J connectivity index is 1.26. The number of rotatable bonds is 19. The van der Waals surface area contributed by atoms with Crippen LogP contribution >= 0.6 is 0 Å². The molecule has 3 fully saturated rings. The molecule has 2 amide bonds. The van der Waals surface area contributed by atoms with E-state index < -0.39 is 5.60 Å². The molecule has 43 heavy (non-hydrogen) atoms. The molecular formula is C33H53N3O7. The number of hydrogen-bond acceptors (Lipinski definition) is 8. The van der Waals surface area contributed by atoms with Crippen LogP contribution in [0.15, 0.2) is 30.3 Å². The number of hydrogen-bond donors (Lipinski definition) is 1. The minimum atomic E-state index is -0.809. The first kappa shape index (κ1) is 33.8. The first-order valence-corrected chi connectivity index (χ1v) is 16.0. The Bertz CT molecular complexity index is 1010.